The van der Waals surface area contributed by atoms with Crippen molar-refractivity contribution in [3.63, 3.8) is 0 Å². The number of nitrogens with zero attached hydrogens (tertiary/aromatic N) is 1. The minimum atomic E-state index is -0.0127. The van der Waals surface area contributed by atoms with Crippen LogP contribution < -0.4 is 5.73 Å². The fourth-order valence-electron chi connectivity index (χ4n) is 1.81. The first-order chi connectivity index (χ1) is 6.95. The van der Waals surface area contributed by atoms with Crippen LogP contribution in [0.1, 0.15) is 40.5 Å². The lowest BCUT2D eigenvalue weighted by molar-refractivity contribution is 0.0892. The van der Waals surface area contributed by atoms with Crippen molar-refractivity contribution in [2.75, 3.05) is 13.2 Å². The van der Waals surface area contributed by atoms with Crippen molar-refractivity contribution in [3.8, 4) is 0 Å². The average Bonchev–Trinajstić information content (AvgIpc) is 2.59. The molecule has 0 saturated carbocycles. The molecule has 0 spiro atoms. The maximum Gasteiger partial charge on any atom is 0.0991 e. The Morgan fingerprint density at radius 3 is 2.67 bits per heavy atom. The van der Waals surface area contributed by atoms with E-state index in [1.807, 2.05) is 0 Å². The fraction of sp³-hybridized carbons (Fsp3) is 0.917. The molecular weight excluding hydrogens is 188 g/mol. The molecule has 1 rings (SSSR count). The molecule has 1 saturated heterocycles. The molecule has 1 heterocycles. The van der Waals surface area contributed by atoms with Crippen LogP contribution in [0.15, 0.2) is 4.99 Å². The van der Waals surface area contributed by atoms with E-state index >= 15 is 0 Å². The molecule has 1 aliphatic heterocycles. The van der Waals surface area contributed by atoms with Crippen LogP contribution in [0.25, 0.3) is 0 Å². The molecule has 2 N–H and O–H groups in total. The van der Waals surface area contributed by atoms with Gasteiger partial charge in [-0.1, -0.05) is 27.7 Å². The van der Waals surface area contributed by atoms with Crippen molar-refractivity contribution < 1.29 is 4.74 Å². The number of ether oxygens (including phenoxy) is 1. The normalized spacial score (nSPS) is 28.4. The summed E-state index contributed by atoms with van der Waals surface area (Å²) < 4.78 is 5.62. The van der Waals surface area contributed by atoms with E-state index in [0.29, 0.717) is 12.0 Å². The predicted molar refractivity (Wildman–Crippen MR) is 64.1 cm³/mol. The summed E-state index contributed by atoms with van der Waals surface area (Å²) in [5.41, 5.74) is 5.91. The Labute approximate surface area is 93.1 Å². The zero-order valence-electron chi connectivity index (χ0n) is 10.4. The summed E-state index contributed by atoms with van der Waals surface area (Å²) in [7, 11) is 0. The van der Waals surface area contributed by atoms with Crippen LogP contribution in [0.3, 0.4) is 0 Å². The lowest BCUT2D eigenvalue weighted by Crippen LogP contribution is -2.30. The van der Waals surface area contributed by atoms with Gasteiger partial charge in [-0.3, -0.25) is 4.99 Å². The molecule has 15 heavy (non-hydrogen) atoms. The molecule has 3 nitrogen and oxygen atoms in total. The van der Waals surface area contributed by atoms with Gasteiger partial charge in [-0.15, -0.1) is 0 Å². The van der Waals surface area contributed by atoms with Gasteiger partial charge in [0.05, 0.1) is 11.9 Å². The van der Waals surface area contributed by atoms with Gasteiger partial charge in [0.25, 0.3) is 0 Å². The molecule has 0 aliphatic carbocycles. The summed E-state index contributed by atoms with van der Waals surface area (Å²) in [6.07, 6.45) is 2.59. The third kappa shape index (κ3) is 3.49. The van der Waals surface area contributed by atoms with Crippen molar-refractivity contribution in [1.82, 2.24) is 0 Å². The Kier molecular flexibility index (Phi) is 4.14. The monoisotopic (exact) mass is 212 g/mol. The molecule has 1 aliphatic rings. The molecule has 0 amide bonds. The summed E-state index contributed by atoms with van der Waals surface area (Å²) in [5, 5.41) is 0. The molecule has 1 fully saturated rings. The smallest absolute Gasteiger partial charge is 0.0991 e. The molecule has 0 aromatic carbocycles. The number of nitrogens with two attached hydrogens (primary N) is 1. The first-order valence-electron chi connectivity index (χ1n) is 5.87. The second-order valence-electron chi connectivity index (χ2n) is 5.34. The highest BCUT2D eigenvalue weighted by Gasteiger charge is 2.26. The summed E-state index contributed by atoms with van der Waals surface area (Å²) in [6.45, 7) is 10.1. The maximum atomic E-state index is 5.92. The number of hydrogen-bond acceptors (Lipinski definition) is 2. The van der Waals surface area contributed by atoms with Crippen LogP contribution in [-0.4, -0.2) is 25.1 Å². The molecule has 2 unspecified atom stereocenters. The first-order valence-corrected chi connectivity index (χ1v) is 5.87. The van der Waals surface area contributed by atoms with Crippen molar-refractivity contribution >= 4 is 5.84 Å². The number of amidine groups is 1. The van der Waals surface area contributed by atoms with Gasteiger partial charge in [0.2, 0.25) is 0 Å². The Hall–Kier alpha value is -0.570. The van der Waals surface area contributed by atoms with Gasteiger partial charge in [0.1, 0.15) is 0 Å². The maximum absolute atomic E-state index is 5.92. The summed E-state index contributed by atoms with van der Waals surface area (Å²) in [5.74, 6) is 1.32. The second-order valence-corrected chi connectivity index (χ2v) is 5.34. The summed E-state index contributed by atoms with van der Waals surface area (Å²) in [6, 6.07) is 0. The molecule has 0 aromatic heterocycles. The van der Waals surface area contributed by atoms with Gasteiger partial charge in [-0.25, -0.2) is 0 Å². The van der Waals surface area contributed by atoms with Crippen LogP contribution >= 0.6 is 0 Å². The Morgan fingerprint density at radius 1 is 1.47 bits per heavy atom. The van der Waals surface area contributed by atoms with Gasteiger partial charge in [0, 0.05) is 24.5 Å². The van der Waals surface area contributed by atoms with E-state index in [1.165, 1.54) is 0 Å². The second kappa shape index (κ2) is 4.97. The van der Waals surface area contributed by atoms with E-state index in [4.69, 9.17) is 10.5 Å². The van der Waals surface area contributed by atoms with Gasteiger partial charge in [-0.05, 0) is 12.8 Å². The number of rotatable bonds is 3. The molecule has 88 valence electrons. The van der Waals surface area contributed by atoms with Crippen molar-refractivity contribution in [2.24, 2.45) is 22.1 Å². The zero-order valence-corrected chi connectivity index (χ0v) is 10.4. The van der Waals surface area contributed by atoms with Crippen LogP contribution in [-0.2, 0) is 4.74 Å². The molecule has 0 bridgehead atoms. The Bertz CT molecular complexity index is 230. The fourth-order valence-corrected chi connectivity index (χ4v) is 1.81. The largest absolute Gasteiger partial charge is 0.387 e. The van der Waals surface area contributed by atoms with E-state index in [1.54, 1.807) is 0 Å². The number of aliphatic imine (C=N–C) groups is 1. The third-order valence-electron chi connectivity index (χ3n) is 3.01. The topological polar surface area (TPSA) is 47.6 Å². The molecular formula is C12H24N2O. The van der Waals surface area contributed by atoms with Crippen LogP contribution in [0, 0.1) is 11.3 Å². The van der Waals surface area contributed by atoms with Gasteiger partial charge in [0.15, 0.2) is 0 Å². The van der Waals surface area contributed by atoms with Crippen molar-refractivity contribution in [2.45, 2.75) is 46.6 Å². The van der Waals surface area contributed by atoms with E-state index in [9.17, 15) is 0 Å². The zero-order chi connectivity index (χ0) is 11.5. The predicted octanol–water partition coefficient (Wildman–Crippen LogP) is 2.20. The van der Waals surface area contributed by atoms with Gasteiger partial charge in [-0.2, -0.15) is 0 Å². The highest BCUT2D eigenvalue weighted by atomic mass is 16.5. The summed E-state index contributed by atoms with van der Waals surface area (Å²) in [4.78, 5) is 4.49. The van der Waals surface area contributed by atoms with Crippen molar-refractivity contribution in [1.29, 1.82) is 0 Å². The lowest BCUT2D eigenvalue weighted by Gasteiger charge is -2.19. The van der Waals surface area contributed by atoms with Crippen LogP contribution in [0.4, 0.5) is 0 Å². The highest BCUT2D eigenvalue weighted by Crippen LogP contribution is 2.24. The third-order valence-corrected chi connectivity index (χ3v) is 3.01. The lowest BCUT2D eigenvalue weighted by atomic mass is 9.95. The Balaban J connectivity index is 2.49. The van der Waals surface area contributed by atoms with Crippen LogP contribution in [0.2, 0.25) is 0 Å². The van der Waals surface area contributed by atoms with E-state index < -0.39 is 0 Å². The minimum absolute atomic E-state index is 0.0127. The first kappa shape index (κ1) is 12.5. The average molecular weight is 212 g/mol. The standard InChI is InChI=1S/C12H24N2O/c1-5-10-9(6-7-15-10)8-14-11(13)12(2,3)4/h9-10H,5-8H2,1-4H3,(H2,13,14). The van der Waals surface area contributed by atoms with E-state index in [-0.39, 0.29) is 5.41 Å². The molecule has 0 radical (unpaired) electrons. The SMILES string of the molecule is CCC1OCCC1CN=C(N)C(C)(C)C. The quantitative estimate of drug-likeness (QED) is 0.576. The Morgan fingerprint density at radius 2 is 2.13 bits per heavy atom. The van der Waals surface area contributed by atoms with Crippen LogP contribution in [0.5, 0.6) is 0 Å². The van der Waals surface area contributed by atoms with Gasteiger partial charge >= 0.3 is 0 Å². The minimum Gasteiger partial charge on any atom is -0.387 e. The molecule has 0 aromatic rings. The van der Waals surface area contributed by atoms with Gasteiger partial charge < -0.3 is 10.5 Å². The highest BCUT2D eigenvalue weighted by molar-refractivity contribution is 5.85. The number of hydrogen-bond donors (Lipinski definition) is 1. The summed E-state index contributed by atoms with van der Waals surface area (Å²) >= 11 is 0. The van der Waals surface area contributed by atoms with Crippen molar-refractivity contribution in [3.05, 3.63) is 0 Å². The van der Waals surface area contributed by atoms with E-state index in [0.717, 1.165) is 31.8 Å². The molecule has 3 heteroatoms. The molecule has 2 atom stereocenters. The van der Waals surface area contributed by atoms with E-state index in [2.05, 4.69) is 32.7 Å².